The molecule has 0 radical (unpaired) electrons. The largest absolute Gasteiger partial charge is 0.491 e. The molecule has 1 aromatic rings. The highest BCUT2D eigenvalue weighted by Gasteiger charge is 2.21. The van der Waals surface area contributed by atoms with Crippen molar-refractivity contribution in [3.8, 4) is 5.75 Å². The van der Waals surface area contributed by atoms with Gasteiger partial charge in [0.2, 0.25) is 0 Å². The number of ether oxygens (including phenoxy) is 1. The van der Waals surface area contributed by atoms with E-state index in [0.29, 0.717) is 15.8 Å². The number of hydrogen-bond donors (Lipinski definition) is 2. The third kappa shape index (κ3) is 5.16. The van der Waals surface area contributed by atoms with Gasteiger partial charge in [0.25, 0.3) is 0 Å². The summed E-state index contributed by atoms with van der Waals surface area (Å²) in [5, 5.41) is 14.7. The van der Waals surface area contributed by atoms with Crippen molar-refractivity contribution in [2.24, 2.45) is 0 Å². The van der Waals surface area contributed by atoms with E-state index in [1.54, 1.807) is 24.3 Å². The maximum absolute atomic E-state index is 11.2. The minimum Gasteiger partial charge on any atom is -0.491 e. The molecule has 0 aromatic heterocycles. The van der Waals surface area contributed by atoms with Crippen molar-refractivity contribution in [1.29, 1.82) is 0 Å². The van der Waals surface area contributed by atoms with Gasteiger partial charge in [0.1, 0.15) is 18.5 Å². The normalized spacial score (nSPS) is 21.4. The molecule has 21 heavy (non-hydrogen) atoms. The Morgan fingerprint density at radius 1 is 1.38 bits per heavy atom. The molecule has 0 aliphatic carbocycles. The highest BCUT2D eigenvalue weighted by atomic mass is 35.5. The van der Waals surface area contributed by atoms with Gasteiger partial charge in [-0.2, -0.15) is 0 Å². The number of aliphatic hydroxyl groups is 1. The Morgan fingerprint density at radius 3 is 2.76 bits per heavy atom. The van der Waals surface area contributed by atoms with Gasteiger partial charge in [0.15, 0.2) is 9.84 Å². The van der Waals surface area contributed by atoms with Crippen LogP contribution in [0, 0.1) is 0 Å². The zero-order chi connectivity index (χ0) is 15.5. The van der Waals surface area contributed by atoms with E-state index in [1.165, 1.54) is 5.41 Å². The maximum atomic E-state index is 11.2. The molecule has 2 N–H and O–H groups in total. The summed E-state index contributed by atoms with van der Waals surface area (Å²) < 4.78 is 27.8. The number of rotatable bonds is 6. The second-order valence-electron chi connectivity index (χ2n) is 4.71. The Kier molecular flexibility index (Phi) is 5.51. The molecule has 1 heterocycles. The molecule has 0 saturated carbocycles. The van der Waals surface area contributed by atoms with Crippen LogP contribution in [0.25, 0.3) is 0 Å². The van der Waals surface area contributed by atoms with Gasteiger partial charge in [-0.3, -0.25) is 0 Å². The van der Waals surface area contributed by atoms with Gasteiger partial charge >= 0.3 is 0 Å². The highest BCUT2D eigenvalue weighted by molar-refractivity contribution is 7.94. The molecule has 0 fully saturated rings. The van der Waals surface area contributed by atoms with Crippen LogP contribution in [0.2, 0.25) is 10.0 Å². The Morgan fingerprint density at radius 2 is 2.14 bits per heavy atom. The van der Waals surface area contributed by atoms with Crippen molar-refractivity contribution < 1.29 is 18.3 Å². The minimum atomic E-state index is -3.09. The number of nitrogens with one attached hydrogen (secondary N) is 1. The standard InChI is InChI=1S/C13H15Cl2NO4S/c14-12-2-1-11(5-13(12)15)20-7-10(17)6-16-9-3-4-21(18,19)8-9/h1-5,9-10,16-17H,6-8H2. The summed E-state index contributed by atoms with van der Waals surface area (Å²) in [6.07, 6.45) is 0.804. The fourth-order valence-corrected chi connectivity index (χ4v) is 3.37. The fourth-order valence-electron chi connectivity index (χ4n) is 1.81. The number of sulfone groups is 1. The molecule has 1 aliphatic heterocycles. The summed E-state index contributed by atoms with van der Waals surface area (Å²) in [7, 11) is -3.09. The average Bonchev–Trinajstić information content (AvgIpc) is 2.77. The molecule has 0 spiro atoms. The molecule has 2 atom stereocenters. The van der Waals surface area contributed by atoms with Crippen molar-refractivity contribution >= 4 is 33.0 Å². The van der Waals surface area contributed by atoms with Crippen molar-refractivity contribution in [3.05, 3.63) is 39.7 Å². The zero-order valence-corrected chi connectivity index (χ0v) is 13.3. The van der Waals surface area contributed by atoms with Gasteiger partial charge in [-0.15, -0.1) is 0 Å². The summed E-state index contributed by atoms with van der Waals surface area (Å²) >= 11 is 11.6. The smallest absolute Gasteiger partial charge is 0.173 e. The first-order valence-corrected chi connectivity index (χ1v) is 8.73. The molecule has 8 heteroatoms. The van der Waals surface area contributed by atoms with Gasteiger partial charge in [0.05, 0.1) is 15.8 Å². The third-order valence-corrected chi connectivity index (χ3v) is 5.01. The van der Waals surface area contributed by atoms with Crippen LogP contribution >= 0.6 is 23.2 Å². The molecule has 1 aromatic carbocycles. The second kappa shape index (κ2) is 6.98. The van der Waals surface area contributed by atoms with E-state index < -0.39 is 15.9 Å². The fraction of sp³-hybridized carbons (Fsp3) is 0.385. The van der Waals surface area contributed by atoms with E-state index in [0.717, 1.165) is 0 Å². The summed E-state index contributed by atoms with van der Waals surface area (Å²) in [5.41, 5.74) is 0. The van der Waals surface area contributed by atoms with Crippen LogP contribution in [0.3, 0.4) is 0 Å². The van der Waals surface area contributed by atoms with Crippen molar-refractivity contribution in [2.75, 3.05) is 18.9 Å². The third-order valence-electron chi connectivity index (χ3n) is 2.88. The highest BCUT2D eigenvalue weighted by Crippen LogP contribution is 2.26. The van der Waals surface area contributed by atoms with Crippen molar-refractivity contribution in [3.63, 3.8) is 0 Å². The van der Waals surface area contributed by atoms with Gasteiger partial charge < -0.3 is 15.2 Å². The van der Waals surface area contributed by atoms with Crippen molar-refractivity contribution in [2.45, 2.75) is 12.1 Å². The van der Waals surface area contributed by atoms with Crippen LogP contribution in [0.5, 0.6) is 5.75 Å². The number of halogens is 2. The monoisotopic (exact) mass is 351 g/mol. The van der Waals surface area contributed by atoms with Gasteiger partial charge in [-0.1, -0.05) is 29.3 Å². The molecule has 116 valence electrons. The van der Waals surface area contributed by atoms with E-state index in [1.807, 2.05) is 0 Å². The average molecular weight is 352 g/mol. The lowest BCUT2D eigenvalue weighted by Crippen LogP contribution is -2.38. The zero-order valence-electron chi connectivity index (χ0n) is 11.0. The lowest BCUT2D eigenvalue weighted by atomic mass is 10.3. The van der Waals surface area contributed by atoms with E-state index in [9.17, 15) is 13.5 Å². The topological polar surface area (TPSA) is 75.6 Å². The Bertz CT molecular complexity index is 633. The van der Waals surface area contributed by atoms with Crippen LogP contribution in [-0.2, 0) is 9.84 Å². The minimum absolute atomic E-state index is 0.0212. The Balaban J connectivity index is 1.74. The predicted octanol–water partition coefficient (Wildman–Crippen LogP) is 1.63. The molecule has 2 rings (SSSR count). The molecule has 2 unspecified atom stereocenters. The molecule has 0 bridgehead atoms. The summed E-state index contributed by atoms with van der Waals surface area (Å²) in [4.78, 5) is 0. The summed E-state index contributed by atoms with van der Waals surface area (Å²) in [6.45, 7) is 0.292. The lowest BCUT2D eigenvalue weighted by Gasteiger charge is -2.15. The van der Waals surface area contributed by atoms with E-state index >= 15 is 0 Å². The molecular formula is C13H15Cl2NO4S. The number of aliphatic hydroxyl groups excluding tert-OH is 1. The first kappa shape index (κ1) is 16.6. The second-order valence-corrected chi connectivity index (χ2v) is 7.46. The van der Waals surface area contributed by atoms with Crippen LogP contribution < -0.4 is 10.1 Å². The van der Waals surface area contributed by atoms with Crippen LogP contribution in [0.15, 0.2) is 29.7 Å². The van der Waals surface area contributed by atoms with Crippen LogP contribution in [0.1, 0.15) is 0 Å². The quantitative estimate of drug-likeness (QED) is 0.814. The van der Waals surface area contributed by atoms with Crippen molar-refractivity contribution in [1.82, 2.24) is 5.32 Å². The van der Waals surface area contributed by atoms with Gasteiger partial charge in [-0.25, -0.2) is 8.42 Å². The maximum Gasteiger partial charge on any atom is 0.173 e. The lowest BCUT2D eigenvalue weighted by molar-refractivity contribution is 0.105. The Labute approximate surface area is 133 Å². The van der Waals surface area contributed by atoms with E-state index in [4.69, 9.17) is 27.9 Å². The van der Waals surface area contributed by atoms with Crippen LogP contribution in [0.4, 0.5) is 0 Å². The van der Waals surface area contributed by atoms with Crippen LogP contribution in [-0.4, -0.2) is 44.6 Å². The predicted molar refractivity (Wildman–Crippen MR) is 82.7 cm³/mol. The number of hydrogen-bond acceptors (Lipinski definition) is 5. The molecule has 5 nitrogen and oxygen atoms in total. The first-order valence-electron chi connectivity index (χ1n) is 6.26. The number of benzene rings is 1. The van der Waals surface area contributed by atoms with E-state index in [-0.39, 0.29) is 24.9 Å². The Hall–Kier alpha value is -0.790. The summed E-state index contributed by atoms with van der Waals surface area (Å²) in [5.74, 6) is 0.527. The van der Waals surface area contributed by atoms with Gasteiger partial charge in [-0.05, 0) is 12.1 Å². The SMILES string of the molecule is O=S1(=O)C=CC(NCC(O)COc2ccc(Cl)c(Cl)c2)C1. The van der Waals surface area contributed by atoms with Gasteiger partial charge in [0, 0.05) is 24.1 Å². The molecule has 0 amide bonds. The first-order chi connectivity index (χ1) is 9.85. The molecule has 0 saturated heterocycles. The van der Waals surface area contributed by atoms with E-state index in [2.05, 4.69) is 5.32 Å². The summed E-state index contributed by atoms with van der Waals surface area (Å²) in [6, 6.07) is 4.56. The molecular weight excluding hydrogens is 337 g/mol. The molecule has 1 aliphatic rings.